The number of carbonyl (C=O) groups excluding carboxylic acids is 2. The van der Waals surface area contributed by atoms with E-state index in [0.717, 1.165) is 6.29 Å². The summed E-state index contributed by atoms with van der Waals surface area (Å²) in [5.41, 5.74) is 2.25. The molecule has 0 fully saturated rings. The van der Waals surface area contributed by atoms with Crippen LogP contribution in [0.15, 0.2) is 0 Å². The molecule has 0 saturated carbocycles. The molecule has 70 valence electrons. The van der Waals surface area contributed by atoms with E-state index in [1.54, 1.807) is 20.8 Å². The van der Waals surface area contributed by atoms with E-state index in [1.165, 1.54) is 0 Å². The molecule has 0 aromatic rings. The van der Waals surface area contributed by atoms with Crippen LogP contribution < -0.4 is 5.48 Å². The molecule has 1 amide bonds. The highest BCUT2D eigenvalue weighted by Gasteiger charge is 2.06. The second kappa shape index (κ2) is 5.71. The molecule has 0 unspecified atom stereocenters. The molecule has 0 radical (unpaired) electrons. The van der Waals surface area contributed by atoms with Crippen LogP contribution in [0.3, 0.4) is 0 Å². The third-order valence-electron chi connectivity index (χ3n) is 1.28. The summed E-state index contributed by atoms with van der Waals surface area (Å²) in [5, 5.41) is 0. The molecule has 4 heteroatoms. The Balaban J connectivity index is 3.43. The molecule has 0 spiro atoms. The van der Waals surface area contributed by atoms with E-state index < -0.39 is 0 Å². The Morgan fingerprint density at radius 2 is 2.08 bits per heavy atom. The predicted octanol–water partition coefficient (Wildman–Crippen LogP) is 0.525. The fourth-order valence-electron chi connectivity index (χ4n) is 0.401. The van der Waals surface area contributed by atoms with Gasteiger partial charge in [-0.05, 0) is 0 Å². The molecule has 0 heterocycles. The van der Waals surface area contributed by atoms with Crippen molar-refractivity contribution in [1.29, 1.82) is 0 Å². The van der Waals surface area contributed by atoms with Crippen LogP contribution in [0.25, 0.3) is 0 Å². The highest BCUT2D eigenvalue weighted by molar-refractivity contribution is 5.76. The van der Waals surface area contributed by atoms with Crippen LogP contribution in [0.1, 0.15) is 20.8 Å². The summed E-state index contributed by atoms with van der Waals surface area (Å²) < 4.78 is 0. The molecule has 0 aromatic carbocycles. The van der Waals surface area contributed by atoms with Gasteiger partial charge in [-0.1, -0.05) is 20.8 Å². The molecule has 0 rings (SSSR count). The van der Waals surface area contributed by atoms with Crippen LogP contribution in [-0.4, -0.2) is 18.8 Å². The summed E-state index contributed by atoms with van der Waals surface area (Å²) in [4.78, 5) is 25.8. The monoisotopic (exact) mass is 173 g/mol. The SMILES string of the molecule is CC(C)C(=O)NOC[C@H](C)C=O. The number of amides is 1. The van der Waals surface area contributed by atoms with E-state index in [2.05, 4.69) is 5.48 Å². The molecule has 12 heavy (non-hydrogen) atoms. The van der Waals surface area contributed by atoms with Gasteiger partial charge >= 0.3 is 0 Å². The maximum Gasteiger partial charge on any atom is 0.246 e. The average Bonchev–Trinajstić information content (AvgIpc) is 2.03. The minimum absolute atomic E-state index is 0.100. The molecule has 4 nitrogen and oxygen atoms in total. The molecule has 0 saturated heterocycles. The summed E-state index contributed by atoms with van der Waals surface area (Å²) in [6, 6.07) is 0. The van der Waals surface area contributed by atoms with Crippen LogP contribution >= 0.6 is 0 Å². The number of hydroxylamine groups is 1. The minimum atomic E-state index is -0.183. The Morgan fingerprint density at radius 1 is 1.50 bits per heavy atom. The second-order valence-electron chi connectivity index (χ2n) is 3.05. The fraction of sp³-hybridized carbons (Fsp3) is 0.750. The van der Waals surface area contributed by atoms with Gasteiger partial charge in [-0.15, -0.1) is 0 Å². The lowest BCUT2D eigenvalue weighted by molar-refractivity contribution is -0.138. The van der Waals surface area contributed by atoms with Crippen molar-refractivity contribution >= 4 is 12.2 Å². The number of hydrogen-bond acceptors (Lipinski definition) is 3. The summed E-state index contributed by atoms with van der Waals surface area (Å²) in [7, 11) is 0. The van der Waals surface area contributed by atoms with E-state index in [0.29, 0.717) is 0 Å². The number of hydrogen-bond donors (Lipinski definition) is 1. The lowest BCUT2D eigenvalue weighted by atomic mass is 10.2. The second-order valence-corrected chi connectivity index (χ2v) is 3.05. The molecular formula is C8H15NO3. The highest BCUT2D eigenvalue weighted by Crippen LogP contribution is 1.92. The Bertz CT molecular complexity index is 156. The van der Waals surface area contributed by atoms with Crippen molar-refractivity contribution in [2.75, 3.05) is 6.61 Å². The van der Waals surface area contributed by atoms with E-state index in [1.807, 2.05) is 0 Å². The zero-order chi connectivity index (χ0) is 9.56. The van der Waals surface area contributed by atoms with Crippen molar-refractivity contribution in [3.8, 4) is 0 Å². The standard InChI is InChI=1S/C8H15NO3/c1-6(2)8(11)9-12-5-7(3)4-10/h4,6-7H,5H2,1-3H3,(H,9,11)/t7-/m1/s1. The molecule has 0 aliphatic heterocycles. The van der Waals surface area contributed by atoms with E-state index in [9.17, 15) is 9.59 Å². The first kappa shape index (κ1) is 11.1. The van der Waals surface area contributed by atoms with Crippen molar-refractivity contribution in [2.24, 2.45) is 11.8 Å². The summed E-state index contributed by atoms with van der Waals surface area (Å²) in [5.74, 6) is -0.456. The summed E-state index contributed by atoms with van der Waals surface area (Å²) in [6.45, 7) is 5.47. The van der Waals surface area contributed by atoms with E-state index in [4.69, 9.17) is 4.84 Å². The van der Waals surface area contributed by atoms with Crippen LogP contribution in [0.5, 0.6) is 0 Å². The number of rotatable bonds is 5. The first-order valence-corrected chi connectivity index (χ1v) is 3.94. The number of carbonyl (C=O) groups is 2. The third kappa shape index (κ3) is 4.85. The Kier molecular flexibility index (Phi) is 5.28. The smallest absolute Gasteiger partial charge is 0.246 e. The van der Waals surface area contributed by atoms with Crippen LogP contribution in [0.4, 0.5) is 0 Å². The zero-order valence-corrected chi connectivity index (χ0v) is 7.66. The molecule has 0 aliphatic carbocycles. The lowest BCUT2D eigenvalue weighted by Crippen LogP contribution is -2.29. The van der Waals surface area contributed by atoms with Gasteiger partial charge in [0.25, 0.3) is 0 Å². The maximum atomic E-state index is 10.9. The van der Waals surface area contributed by atoms with E-state index >= 15 is 0 Å². The first-order valence-electron chi connectivity index (χ1n) is 3.94. The van der Waals surface area contributed by atoms with Gasteiger partial charge in [0.05, 0.1) is 6.61 Å². The fourth-order valence-corrected chi connectivity index (χ4v) is 0.401. The van der Waals surface area contributed by atoms with Gasteiger partial charge in [0.2, 0.25) is 5.91 Å². The molecular weight excluding hydrogens is 158 g/mol. The van der Waals surface area contributed by atoms with Crippen molar-refractivity contribution in [2.45, 2.75) is 20.8 Å². The number of aldehydes is 1. The van der Waals surface area contributed by atoms with Crippen molar-refractivity contribution < 1.29 is 14.4 Å². The van der Waals surface area contributed by atoms with Gasteiger partial charge in [-0.2, -0.15) is 0 Å². The zero-order valence-electron chi connectivity index (χ0n) is 7.66. The Morgan fingerprint density at radius 3 is 2.50 bits per heavy atom. The normalized spacial score (nSPS) is 12.7. The van der Waals surface area contributed by atoms with Crippen molar-refractivity contribution in [1.82, 2.24) is 5.48 Å². The van der Waals surface area contributed by atoms with Gasteiger partial charge in [-0.3, -0.25) is 9.63 Å². The van der Waals surface area contributed by atoms with E-state index in [-0.39, 0.29) is 24.3 Å². The minimum Gasteiger partial charge on any atom is -0.303 e. The predicted molar refractivity (Wildman–Crippen MR) is 44.2 cm³/mol. The number of nitrogens with one attached hydrogen (secondary N) is 1. The van der Waals surface area contributed by atoms with Crippen LogP contribution in [-0.2, 0) is 14.4 Å². The maximum absolute atomic E-state index is 10.9. The third-order valence-corrected chi connectivity index (χ3v) is 1.28. The van der Waals surface area contributed by atoms with Gasteiger partial charge in [-0.25, -0.2) is 5.48 Å². The van der Waals surface area contributed by atoms with Crippen LogP contribution in [0, 0.1) is 11.8 Å². The Hall–Kier alpha value is -0.900. The molecule has 1 atom stereocenters. The van der Waals surface area contributed by atoms with Crippen molar-refractivity contribution in [3.05, 3.63) is 0 Å². The molecule has 0 aliphatic rings. The van der Waals surface area contributed by atoms with Gasteiger partial charge in [0.1, 0.15) is 6.29 Å². The summed E-state index contributed by atoms with van der Waals surface area (Å²) in [6.07, 6.45) is 0.779. The quantitative estimate of drug-likeness (QED) is 0.487. The largest absolute Gasteiger partial charge is 0.303 e. The highest BCUT2D eigenvalue weighted by atomic mass is 16.7. The van der Waals surface area contributed by atoms with Gasteiger partial charge in [0, 0.05) is 11.8 Å². The average molecular weight is 173 g/mol. The first-order chi connectivity index (χ1) is 5.57. The van der Waals surface area contributed by atoms with Gasteiger partial charge in [0.15, 0.2) is 0 Å². The van der Waals surface area contributed by atoms with Crippen molar-refractivity contribution in [3.63, 3.8) is 0 Å². The summed E-state index contributed by atoms with van der Waals surface area (Å²) >= 11 is 0. The van der Waals surface area contributed by atoms with Crippen LogP contribution in [0.2, 0.25) is 0 Å². The van der Waals surface area contributed by atoms with Gasteiger partial charge < -0.3 is 4.79 Å². The lowest BCUT2D eigenvalue weighted by Gasteiger charge is -2.08. The molecule has 1 N–H and O–H groups in total. The topological polar surface area (TPSA) is 55.4 Å². The molecule has 0 aromatic heterocycles. The molecule has 0 bridgehead atoms. The Labute approximate surface area is 72.2 Å².